The number of methoxy groups -OCH3 is 1. The van der Waals surface area contributed by atoms with E-state index in [1.807, 2.05) is 18.2 Å². The highest BCUT2D eigenvalue weighted by Gasteiger charge is 2.34. The van der Waals surface area contributed by atoms with Crippen LogP contribution in [0.3, 0.4) is 0 Å². The summed E-state index contributed by atoms with van der Waals surface area (Å²) in [5.74, 6) is -0.188. The van der Waals surface area contributed by atoms with Crippen LogP contribution in [0.2, 0.25) is 0 Å². The van der Waals surface area contributed by atoms with Crippen LogP contribution in [0.1, 0.15) is 48.0 Å². The molecule has 0 radical (unpaired) electrons. The highest BCUT2D eigenvalue weighted by atomic mass is 32.2. The number of hydrogen-bond donors (Lipinski definition) is 2. The molecule has 1 fully saturated rings. The first-order chi connectivity index (χ1) is 14.5. The number of sulfonamides is 1. The zero-order valence-electron chi connectivity index (χ0n) is 17.4. The van der Waals surface area contributed by atoms with Crippen LogP contribution in [0.5, 0.6) is 0 Å². The molecule has 0 saturated heterocycles. The number of nitrogens with one attached hydrogen (secondary N) is 2. The second-order valence-corrected chi connectivity index (χ2v) is 9.57. The molecule has 1 aliphatic rings. The van der Waals surface area contributed by atoms with E-state index in [9.17, 15) is 13.2 Å². The Balaban J connectivity index is 1.66. The first-order valence-electron chi connectivity index (χ1n) is 10.4. The third-order valence-electron chi connectivity index (χ3n) is 5.81. The minimum absolute atomic E-state index is 0.0380. The summed E-state index contributed by atoms with van der Waals surface area (Å²) in [6.45, 7) is 1.07. The van der Waals surface area contributed by atoms with Crippen molar-refractivity contribution >= 4 is 15.9 Å². The molecule has 1 saturated carbocycles. The fraction of sp³-hybridized carbons (Fsp3) is 0.435. The summed E-state index contributed by atoms with van der Waals surface area (Å²) in [4.78, 5) is 12.9. The van der Waals surface area contributed by atoms with Crippen LogP contribution in [0.25, 0.3) is 0 Å². The van der Waals surface area contributed by atoms with Gasteiger partial charge in [-0.05, 0) is 42.7 Å². The van der Waals surface area contributed by atoms with Crippen LogP contribution < -0.4 is 10.0 Å². The van der Waals surface area contributed by atoms with Crippen LogP contribution in [-0.2, 0) is 20.2 Å². The third-order valence-corrected chi connectivity index (χ3v) is 7.29. The van der Waals surface area contributed by atoms with Crippen LogP contribution in [0.15, 0.2) is 59.5 Å². The molecule has 0 bridgehead atoms. The second kappa shape index (κ2) is 10.2. The van der Waals surface area contributed by atoms with Crippen LogP contribution in [0.4, 0.5) is 0 Å². The molecule has 3 rings (SSSR count). The van der Waals surface area contributed by atoms with E-state index in [1.165, 1.54) is 31.2 Å². The fourth-order valence-corrected chi connectivity index (χ4v) is 5.10. The van der Waals surface area contributed by atoms with Gasteiger partial charge in [-0.1, -0.05) is 49.6 Å². The summed E-state index contributed by atoms with van der Waals surface area (Å²) in [5, 5.41) is 3.09. The minimum atomic E-state index is -3.61. The molecule has 1 amide bonds. The standard InChI is InChI=1S/C23H30N2O4S/c1-29-17-16-25-30(27,28)21-12-10-19(11-13-21)22(26)24-18-23(14-6-3-7-15-23)20-8-4-2-5-9-20/h2,4-5,8-13,25H,3,6-7,14-18H2,1H3,(H,24,26). The van der Waals surface area contributed by atoms with E-state index in [4.69, 9.17) is 4.74 Å². The molecule has 2 aromatic rings. The third kappa shape index (κ3) is 5.47. The molecule has 7 heteroatoms. The molecule has 0 aromatic heterocycles. The molecule has 1 aliphatic carbocycles. The van der Waals surface area contributed by atoms with Gasteiger partial charge in [-0.3, -0.25) is 4.79 Å². The summed E-state index contributed by atoms with van der Waals surface area (Å²) < 4.78 is 31.8. The van der Waals surface area contributed by atoms with Gasteiger partial charge in [-0.25, -0.2) is 13.1 Å². The second-order valence-electron chi connectivity index (χ2n) is 7.80. The Kier molecular flexibility index (Phi) is 7.64. The van der Waals surface area contributed by atoms with Crippen molar-refractivity contribution in [3.63, 3.8) is 0 Å². The van der Waals surface area contributed by atoms with Crippen molar-refractivity contribution in [3.05, 3.63) is 65.7 Å². The maximum absolute atomic E-state index is 12.7. The predicted molar refractivity (Wildman–Crippen MR) is 117 cm³/mol. The number of carbonyl (C=O) groups excluding carboxylic acids is 1. The van der Waals surface area contributed by atoms with E-state index < -0.39 is 10.0 Å². The van der Waals surface area contributed by atoms with E-state index in [2.05, 4.69) is 22.2 Å². The average Bonchev–Trinajstić information content (AvgIpc) is 2.79. The smallest absolute Gasteiger partial charge is 0.251 e. The molecule has 162 valence electrons. The Labute approximate surface area is 179 Å². The van der Waals surface area contributed by atoms with Crippen LogP contribution >= 0.6 is 0 Å². The van der Waals surface area contributed by atoms with Crippen molar-refractivity contribution in [2.75, 3.05) is 26.8 Å². The number of carbonyl (C=O) groups is 1. The summed E-state index contributed by atoms with van der Waals surface area (Å²) in [7, 11) is -2.10. The Bertz CT molecular complexity index is 921. The van der Waals surface area contributed by atoms with Crippen LogP contribution in [0, 0.1) is 0 Å². The topological polar surface area (TPSA) is 84.5 Å². The normalized spacial score (nSPS) is 16.2. The monoisotopic (exact) mass is 430 g/mol. The van der Waals surface area contributed by atoms with Gasteiger partial charge in [-0.15, -0.1) is 0 Å². The highest BCUT2D eigenvalue weighted by Crippen LogP contribution is 2.38. The van der Waals surface area contributed by atoms with Gasteiger partial charge >= 0.3 is 0 Å². The zero-order valence-corrected chi connectivity index (χ0v) is 18.2. The molecule has 2 aromatic carbocycles. The lowest BCUT2D eigenvalue weighted by Gasteiger charge is -2.38. The summed E-state index contributed by atoms with van der Waals surface area (Å²) >= 11 is 0. The maximum atomic E-state index is 12.7. The average molecular weight is 431 g/mol. The van der Waals surface area contributed by atoms with E-state index >= 15 is 0 Å². The number of rotatable bonds is 9. The van der Waals surface area contributed by atoms with E-state index in [1.54, 1.807) is 12.1 Å². The maximum Gasteiger partial charge on any atom is 0.251 e. The first-order valence-corrected chi connectivity index (χ1v) is 11.9. The number of hydrogen-bond acceptors (Lipinski definition) is 4. The molecule has 30 heavy (non-hydrogen) atoms. The lowest BCUT2D eigenvalue weighted by atomic mass is 9.69. The SMILES string of the molecule is COCCNS(=O)(=O)c1ccc(C(=O)NCC2(c3ccccc3)CCCCC2)cc1. The van der Waals surface area contributed by atoms with E-state index in [0.29, 0.717) is 18.7 Å². The quantitative estimate of drug-likeness (QED) is 0.598. The van der Waals surface area contributed by atoms with Gasteiger partial charge in [0.05, 0.1) is 11.5 Å². The Morgan fingerprint density at radius 3 is 2.30 bits per heavy atom. The van der Waals surface area contributed by atoms with Gasteiger partial charge < -0.3 is 10.1 Å². The molecule has 0 atom stereocenters. The molecular weight excluding hydrogens is 400 g/mol. The molecule has 0 unspecified atom stereocenters. The van der Waals surface area contributed by atoms with Crippen LogP contribution in [-0.4, -0.2) is 41.1 Å². The Hall–Kier alpha value is -2.22. The highest BCUT2D eigenvalue weighted by molar-refractivity contribution is 7.89. The zero-order chi connectivity index (χ0) is 21.5. The summed E-state index contributed by atoms with van der Waals surface area (Å²) in [6.07, 6.45) is 5.67. The van der Waals surface area contributed by atoms with Gasteiger partial charge in [0, 0.05) is 31.2 Å². The van der Waals surface area contributed by atoms with Crippen molar-refractivity contribution in [3.8, 4) is 0 Å². The van der Waals surface area contributed by atoms with Crippen molar-refractivity contribution in [2.45, 2.75) is 42.4 Å². The molecule has 0 spiro atoms. The number of amides is 1. The Morgan fingerprint density at radius 1 is 1.00 bits per heavy atom. The van der Waals surface area contributed by atoms with Gasteiger partial charge in [-0.2, -0.15) is 0 Å². The minimum Gasteiger partial charge on any atom is -0.383 e. The predicted octanol–water partition coefficient (Wildman–Crippen LogP) is 3.24. The fourth-order valence-electron chi connectivity index (χ4n) is 4.09. The molecule has 6 nitrogen and oxygen atoms in total. The number of ether oxygens (including phenoxy) is 1. The van der Waals surface area contributed by atoms with Crippen molar-refractivity contribution in [1.82, 2.24) is 10.0 Å². The molecular formula is C23H30N2O4S. The molecule has 0 heterocycles. The largest absolute Gasteiger partial charge is 0.383 e. The number of benzene rings is 2. The lowest BCUT2D eigenvalue weighted by molar-refractivity contribution is 0.0936. The van der Waals surface area contributed by atoms with Gasteiger partial charge in [0.25, 0.3) is 5.91 Å². The van der Waals surface area contributed by atoms with Crippen molar-refractivity contribution < 1.29 is 17.9 Å². The van der Waals surface area contributed by atoms with E-state index in [-0.39, 0.29) is 22.8 Å². The lowest BCUT2D eigenvalue weighted by Crippen LogP contribution is -2.42. The summed E-state index contributed by atoms with van der Waals surface area (Å²) in [5.41, 5.74) is 1.68. The summed E-state index contributed by atoms with van der Waals surface area (Å²) in [6, 6.07) is 16.4. The van der Waals surface area contributed by atoms with Gasteiger partial charge in [0.2, 0.25) is 10.0 Å². The van der Waals surface area contributed by atoms with Crippen molar-refractivity contribution in [2.24, 2.45) is 0 Å². The van der Waals surface area contributed by atoms with Crippen molar-refractivity contribution in [1.29, 1.82) is 0 Å². The van der Waals surface area contributed by atoms with Gasteiger partial charge in [0.15, 0.2) is 0 Å². The molecule has 2 N–H and O–H groups in total. The molecule has 0 aliphatic heterocycles. The van der Waals surface area contributed by atoms with Gasteiger partial charge in [0.1, 0.15) is 0 Å². The van der Waals surface area contributed by atoms with E-state index in [0.717, 1.165) is 25.7 Å². The first kappa shape index (κ1) is 22.5. The Morgan fingerprint density at radius 2 is 1.67 bits per heavy atom.